The first-order chi connectivity index (χ1) is 20.3. The maximum atomic E-state index is 14.5. The minimum absolute atomic E-state index is 0.266. The molecule has 0 fully saturated rings. The fraction of sp³-hybridized carbons (Fsp3) is 0.528. The first-order valence-electron chi connectivity index (χ1n) is 15.5. The standard InChI is InChI=1S/C36H51N3O4/c1-10-12-13-14-15-18-24-39(34(41)30(25(3)4)38-35(42)43-36(7,8)9)32(29-23-17-16-22-28(29)11-2)33(40)37-31-26(5)20-19-21-27(31)6/h2,16-17,19-23,25,30,32H,10,12-15,18,24H2,1,3-9H3,(H,37,40)(H,38,42). The molecule has 0 saturated carbocycles. The van der Waals surface area contributed by atoms with Gasteiger partial charge < -0.3 is 20.3 Å². The lowest BCUT2D eigenvalue weighted by molar-refractivity contribution is -0.141. The zero-order valence-electron chi connectivity index (χ0n) is 27.4. The molecule has 0 radical (unpaired) electrons. The van der Waals surface area contributed by atoms with Crippen LogP contribution in [0.15, 0.2) is 42.5 Å². The molecular formula is C36H51N3O4. The van der Waals surface area contributed by atoms with E-state index in [1.54, 1.807) is 37.8 Å². The number of rotatable bonds is 14. The minimum Gasteiger partial charge on any atom is -0.444 e. The van der Waals surface area contributed by atoms with Gasteiger partial charge in [-0.15, -0.1) is 6.42 Å². The molecule has 2 N–H and O–H groups in total. The van der Waals surface area contributed by atoms with Crippen LogP contribution < -0.4 is 10.6 Å². The molecule has 0 aromatic heterocycles. The predicted octanol–water partition coefficient (Wildman–Crippen LogP) is 7.70. The summed E-state index contributed by atoms with van der Waals surface area (Å²) in [5.41, 5.74) is 2.90. The number of carbonyl (C=O) groups excluding carboxylic acids is 3. The molecule has 234 valence electrons. The van der Waals surface area contributed by atoms with E-state index in [-0.39, 0.29) is 17.7 Å². The van der Waals surface area contributed by atoms with Crippen molar-refractivity contribution in [2.45, 2.75) is 112 Å². The first kappa shape index (κ1) is 35.4. The summed E-state index contributed by atoms with van der Waals surface area (Å²) < 4.78 is 5.49. The van der Waals surface area contributed by atoms with Crippen LogP contribution in [0.3, 0.4) is 0 Å². The molecule has 2 rings (SSSR count). The SMILES string of the molecule is C#Cc1ccccc1C(C(=O)Nc1c(C)cccc1C)N(CCCCCCCC)C(=O)C(NC(=O)OC(C)(C)C)C(C)C. The number of nitrogens with zero attached hydrogens (tertiary/aromatic N) is 1. The number of aryl methyl sites for hydroxylation is 2. The van der Waals surface area contributed by atoms with Gasteiger partial charge in [-0.3, -0.25) is 9.59 Å². The third-order valence-electron chi connectivity index (χ3n) is 7.34. The van der Waals surface area contributed by atoms with Crippen LogP contribution in [-0.2, 0) is 14.3 Å². The van der Waals surface area contributed by atoms with Gasteiger partial charge in [0.1, 0.15) is 17.7 Å². The zero-order chi connectivity index (χ0) is 32.2. The van der Waals surface area contributed by atoms with Crippen molar-refractivity contribution in [1.82, 2.24) is 10.2 Å². The van der Waals surface area contributed by atoms with Crippen molar-refractivity contribution in [2.24, 2.45) is 5.92 Å². The average Bonchev–Trinajstić information content (AvgIpc) is 2.93. The normalized spacial score (nSPS) is 12.7. The molecule has 0 aliphatic rings. The van der Waals surface area contributed by atoms with Crippen LogP contribution in [0.4, 0.5) is 10.5 Å². The Kier molecular flexibility index (Phi) is 13.8. The Morgan fingerprint density at radius 2 is 1.53 bits per heavy atom. The lowest BCUT2D eigenvalue weighted by Gasteiger charge is -2.36. The largest absolute Gasteiger partial charge is 0.444 e. The second-order valence-electron chi connectivity index (χ2n) is 12.6. The topological polar surface area (TPSA) is 87.7 Å². The summed E-state index contributed by atoms with van der Waals surface area (Å²) in [6.07, 6.45) is 11.3. The molecule has 7 nitrogen and oxygen atoms in total. The number of carbonyl (C=O) groups is 3. The van der Waals surface area contributed by atoms with Gasteiger partial charge in [0.05, 0.1) is 0 Å². The van der Waals surface area contributed by atoms with Gasteiger partial charge in [-0.05, 0) is 69.7 Å². The van der Waals surface area contributed by atoms with Gasteiger partial charge in [-0.2, -0.15) is 0 Å². The monoisotopic (exact) mass is 589 g/mol. The van der Waals surface area contributed by atoms with Crippen molar-refractivity contribution in [2.75, 3.05) is 11.9 Å². The van der Waals surface area contributed by atoms with E-state index in [0.29, 0.717) is 29.8 Å². The smallest absolute Gasteiger partial charge is 0.408 e. The number of unbranched alkanes of at least 4 members (excludes halogenated alkanes) is 5. The fourth-order valence-corrected chi connectivity index (χ4v) is 5.08. The van der Waals surface area contributed by atoms with Crippen LogP contribution in [0.2, 0.25) is 0 Å². The van der Waals surface area contributed by atoms with Gasteiger partial charge in [0.25, 0.3) is 5.91 Å². The highest BCUT2D eigenvalue weighted by molar-refractivity contribution is 6.00. The lowest BCUT2D eigenvalue weighted by Crippen LogP contribution is -2.54. The van der Waals surface area contributed by atoms with E-state index in [1.165, 1.54) is 0 Å². The Balaban J connectivity index is 2.60. The number of terminal acetylenes is 1. The number of hydrogen-bond donors (Lipinski definition) is 2. The summed E-state index contributed by atoms with van der Waals surface area (Å²) in [5.74, 6) is 1.72. The molecule has 2 unspecified atom stereocenters. The molecule has 0 heterocycles. The van der Waals surface area contributed by atoms with Gasteiger partial charge in [0.15, 0.2) is 0 Å². The number of hydrogen-bond acceptors (Lipinski definition) is 4. The van der Waals surface area contributed by atoms with Crippen LogP contribution in [0, 0.1) is 32.1 Å². The molecule has 2 atom stereocenters. The van der Waals surface area contributed by atoms with E-state index in [1.807, 2.05) is 58.0 Å². The number of nitrogens with one attached hydrogen (secondary N) is 2. The Morgan fingerprint density at radius 3 is 2.12 bits per heavy atom. The van der Waals surface area contributed by atoms with E-state index >= 15 is 0 Å². The Bertz CT molecular complexity index is 1250. The maximum Gasteiger partial charge on any atom is 0.408 e. The third-order valence-corrected chi connectivity index (χ3v) is 7.34. The van der Waals surface area contributed by atoms with E-state index in [2.05, 4.69) is 23.5 Å². The summed E-state index contributed by atoms with van der Waals surface area (Å²) in [5, 5.41) is 5.90. The molecule has 3 amide bonds. The first-order valence-corrected chi connectivity index (χ1v) is 15.5. The van der Waals surface area contributed by atoms with Gasteiger partial charge in [0, 0.05) is 17.8 Å². The Morgan fingerprint density at radius 1 is 0.930 bits per heavy atom. The van der Waals surface area contributed by atoms with Crippen LogP contribution in [0.5, 0.6) is 0 Å². The minimum atomic E-state index is -1.02. The molecule has 0 saturated heterocycles. The van der Waals surface area contributed by atoms with Crippen molar-refractivity contribution in [1.29, 1.82) is 0 Å². The Hall–Kier alpha value is -3.79. The quantitative estimate of drug-likeness (QED) is 0.175. The summed E-state index contributed by atoms with van der Waals surface area (Å²) in [4.78, 5) is 43.2. The zero-order valence-corrected chi connectivity index (χ0v) is 27.4. The van der Waals surface area contributed by atoms with Gasteiger partial charge in [-0.1, -0.05) is 95.2 Å². The van der Waals surface area contributed by atoms with Gasteiger partial charge in [0.2, 0.25) is 5.91 Å². The van der Waals surface area contributed by atoms with E-state index in [4.69, 9.17) is 11.2 Å². The summed E-state index contributed by atoms with van der Waals surface area (Å²) in [7, 11) is 0. The maximum absolute atomic E-state index is 14.5. The van der Waals surface area contributed by atoms with Crippen LogP contribution in [0.1, 0.15) is 108 Å². The van der Waals surface area contributed by atoms with E-state index < -0.39 is 23.8 Å². The highest BCUT2D eigenvalue weighted by Crippen LogP contribution is 2.30. The van der Waals surface area contributed by atoms with Crippen molar-refractivity contribution >= 4 is 23.6 Å². The lowest BCUT2D eigenvalue weighted by atomic mass is 9.95. The van der Waals surface area contributed by atoms with Crippen molar-refractivity contribution in [3.05, 3.63) is 64.7 Å². The number of para-hydroxylation sites is 1. The van der Waals surface area contributed by atoms with Crippen molar-refractivity contribution in [3.63, 3.8) is 0 Å². The van der Waals surface area contributed by atoms with Gasteiger partial charge >= 0.3 is 6.09 Å². The fourth-order valence-electron chi connectivity index (χ4n) is 5.08. The molecular weight excluding hydrogens is 538 g/mol. The van der Waals surface area contributed by atoms with Crippen LogP contribution in [-0.4, -0.2) is 41.0 Å². The number of benzene rings is 2. The third kappa shape index (κ3) is 10.8. The highest BCUT2D eigenvalue weighted by atomic mass is 16.6. The summed E-state index contributed by atoms with van der Waals surface area (Å²) in [6, 6.07) is 11.1. The molecule has 0 aliphatic carbocycles. The second kappa shape index (κ2) is 16.7. The molecule has 43 heavy (non-hydrogen) atoms. The molecule has 0 spiro atoms. The average molecular weight is 590 g/mol. The highest BCUT2D eigenvalue weighted by Gasteiger charge is 2.38. The Labute approximate surface area is 259 Å². The van der Waals surface area contributed by atoms with E-state index in [0.717, 1.165) is 43.2 Å². The van der Waals surface area contributed by atoms with Crippen LogP contribution in [0.25, 0.3) is 0 Å². The van der Waals surface area contributed by atoms with Gasteiger partial charge in [-0.25, -0.2) is 4.79 Å². The summed E-state index contributed by atoms with van der Waals surface area (Å²) >= 11 is 0. The second-order valence-corrected chi connectivity index (χ2v) is 12.6. The predicted molar refractivity (Wildman–Crippen MR) is 175 cm³/mol. The molecule has 0 aliphatic heterocycles. The van der Waals surface area contributed by atoms with E-state index in [9.17, 15) is 14.4 Å². The van der Waals surface area contributed by atoms with Crippen LogP contribution >= 0.6 is 0 Å². The van der Waals surface area contributed by atoms with Crippen molar-refractivity contribution < 1.29 is 19.1 Å². The number of ether oxygens (including phenoxy) is 1. The molecule has 0 bridgehead atoms. The van der Waals surface area contributed by atoms with Crippen molar-refractivity contribution in [3.8, 4) is 12.3 Å². The number of anilines is 1. The number of amides is 3. The molecule has 7 heteroatoms. The summed E-state index contributed by atoms with van der Waals surface area (Å²) in [6.45, 7) is 15.4. The number of alkyl carbamates (subject to hydrolysis) is 1. The molecule has 2 aromatic carbocycles. The molecule has 2 aromatic rings.